The van der Waals surface area contributed by atoms with E-state index < -0.39 is 14.9 Å². The van der Waals surface area contributed by atoms with E-state index in [2.05, 4.69) is 4.98 Å². The number of rotatable bonds is 10. The molecule has 10 heteroatoms. The molecule has 0 unspecified atom stereocenters. The van der Waals surface area contributed by atoms with Gasteiger partial charge in [0.25, 0.3) is 10.0 Å². The zero-order chi connectivity index (χ0) is 22.4. The lowest BCUT2D eigenvalue weighted by molar-refractivity contribution is -0.385. The topological polar surface area (TPSA) is 114 Å². The minimum Gasteiger partial charge on any atom is -0.493 e. The van der Waals surface area contributed by atoms with Crippen molar-refractivity contribution in [1.29, 1.82) is 0 Å². The second-order valence-corrected chi connectivity index (χ2v) is 8.52. The van der Waals surface area contributed by atoms with E-state index >= 15 is 0 Å². The second-order valence-electron chi connectivity index (χ2n) is 6.70. The van der Waals surface area contributed by atoms with Crippen LogP contribution in [0.5, 0.6) is 11.5 Å². The quantitative estimate of drug-likeness (QED) is 0.260. The minimum atomic E-state index is -3.95. The summed E-state index contributed by atoms with van der Waals surface area (Å²) in [6.07, 6.45) is 5.29. The molecule has 0 saturated heterocycles. The Balaban J connectivity index is 2.08. The molecule has 0 N–H and O–H groups in total. The molecular formula is C21H23N3O6S. The third kappa shape index (κ3) is 4.69. The van der Waals surface area contributed by atoms with Crippen LogP contribution in [0.15, 0.2) is 59.8 Å². The van der Waals surface area contributed by atoms with Crippen molar-refractivity contribution in [1.82, 2.24) is 8.96 Å². The van der Waals surface area contributed by atoms with Crippen LogP contribution < -0.4 is 9.47 Å². The van der Waals surface area contributed by atoms with Crippen molar-refractivity contribution >= 4 is 15.7 Å². The molecule has 1 aromatic heterocycles. The van der Waals surface area contributed by atoms with E-state index in [0.717, 1.165) is 23.2 Å². The van der Waals surface area contributed by atoms with Crippen molar-refractivity contribution in [2.45, 2.75) is 31.1 Å². The Labute approximate surface area is 180 Å². The monoisotopic (exact) mass is 445 g/mol. The van der Waals surface area contributed by atoms with Gasteiger partial charge < -0.3 is 9.47 Å². The minimum absolute atomic E-state index is 0.0105. The molecule has 2 aromatic carbocycles. The van der Waals surface area contributed by atoms with Crippen LogP contribution in [-0.4, -0.2) is 36.0 Å². The highest BCUT2D eigenvalue weighted by atomic mass is 32.2. The van der Waals surface area contributed by atoms with Gasteiger partial charge in [-0.3, -0.25) is 10.1 Å². The Morgan fingerprint density at radius 3 is 2.55 bits per heavy atom. The summed E-state index contributed by atoms with van der Waals surface area (Å²) in [7, 11) is -2.58. The number of hydrogen-bond acceptors (Lipinski definition) is 7. The van der Waals surface area contributed by atoms with Gasteiger partial charge in [-0.1, -0.05) is 38.0 Å². The lowest BCUT2D eigenvalue weighted by Crippen LogP contribution is -2.13. The van der Waals surface area contributed by atoms with Gasteiger partial charge in [0.15, 0.2) is 11.6 Å². The average Bonchev–Trinajstić information content (AvgIpc) is 3.28. The molecule has 9 nitrogen and oxygen atoms in total. The van der Waals surface area contributed by atoms with Crippen LogP contribution in [0.3, 0.4) is 0 Å². The standard InChI is InChI=1S/C21H23N3O6S/c1-3-4-8-13-30-20-18(24(25)26)14-16(15-19(20)29-2)21-22-11-12-23(21)31(27,28)17-9-6-5-7-10-17/h5-7,9-12,14-15H,3-4,8,13H2,1-2H3. The third-order valence-corrected chi connectivity index (χ3v) is 6.29. The predicted octanol–water partition coefficient (Wildman–Crippen LogP) is 4.27. The van der Waals surface area contributed by atoms with Crippen molar-refractivity contribution in [3.63, 3.8) is 0 Å². The van der Waals surface area contributed by atoms with E-state index in [1.807, 2.05) is 6.92 Å². The first-order valence-corrected chi connectivity index (χ1v) is 11.2. The fourth-order valence-electron chi connectivity index (χ4n) is 3.07. The molecule has 0 aliphatic heterocycles. The van der Waals surface area contributed by atoms with Crippen LogP contribution in [-0.2, 0) is 10.0 Å². The number of ether oxygens (including phenoxy) is 2. The normalized spacial score (nSPS) is 11.3. The molecule has 3 rings (SSSR count). The van der Waals surface area contributed by atoms with Gasteiger partial charge in [-0.15, -0.1) is 0 Å². The second kappa shape index (κ2) is 9.61. The van der Waals surface area contributed by atoms with E-state index in [0.29, 0.717) is 6.61 Å². The van der Waals surface area contributed by atoms with E-state index in [1.165, 1.54) is 43.8 Å². The van der Waals surface area contributed by atoms with Gasteiger partial charge >= 0.3 is 5.69 Å². The molecule has 0 aliphatic rings. The molecule has 0 bridgehead atoms. The lowest BCUT2D eigenvalue weighted by atomic mass is 10.1. The summed E-state index contributed by atoms with van der Waals surface area (Å²) in [6.45, 7) is 2.35. The van der Waals surface area contributed by atoms with E-state index in [-0.39, 0.29) is 33.5 Å². The van der Waals surface area contributed by atoms with Crippen LogP contribution in [0.1, 0.15) is 26.2 Å². The molecule has 3 aromatic rings. The highest BCUT2D eigenvalue weighted by molar-refractivity contribution is 7.90. The summed E-state index contributed by atoms with van der Waals surface area (Å²) in [5.41, 5.74) is -0.105. The largest absolute Gasteiger partial charge is 0.493 e. The summed E-state index contributed by atoms with van der Waals surface area (Å²) in [4.78, 5) is 15.4. The van der Waals surface area contributed by atoms with E-state index in [1.54, 1.807) is 18.2 Å². The van der Waals surface area contributed by atoms with Crippen LogP contribution in [0.2, 0.25) is 0 Å². The van der Waals surface area contributed by atoms with Crippen molar-refractivity contribution in [2.24, 2.45) is 0 Å². The van der Waals surface area contributed by atoms with Gasteiger partial charge in [0.05, 0.1) is 23.5 Å². The number of imidazole rings is 1. The maximum atomic E-state index is 13.1. The first kappa shape index (κ1) is 22.3. The van der Waals surface area contributed by atoms with Gasteiger partial charge in [-0.2, -0.15) is 0 Å². The molecule has 0 spiro atoms. The fraction of sp³-hybridized carbons (Fsp3) is 0.286. The van der Waals surface area contributed by atoms with Gasteiger partial charge in [0.1, 0.15) is 0 Å². The Bertz CT molecular complexity index is 1160. The number of nitrogens with zero attached hydrogens (tertiary/aromatic N) is 3. The smallest absolute Gasteiger partial charge is 0.315 e. The molecule has 1 heterocycles. The van der Waals surface area contributed by atoms with Crippen LogP contribution in [0.25, 0.3) is 11.4 Å². The Kier molecular flexibility index (Phi) is 6.91. The van der Waals surface area contributed by atoms with Gasteiger partial charge in [-0.25, -0.2) is 17.4 Å². The molecule has 0 radical (unpaired) electrons. The molecule has 0 atom stereocenters. The summed E-state index contributed by atoms with van der Waals surface area (Å²) < 4.78 is 38.1. The Morgan fingerprint density at radius 1 is 1.16 bits per heavy atom. The number of nitro groups is 1. The summed E-state index contributed by atoms with van der Waals surface area (Å²) >= 11 is 0. The number of unbranched alkanes of at least 4 members (excludes halogenated alkanes) is 2. The summed E-state index contributed by atoms with van der Waals surface area (Å²) in [5.74, 6) is 0.173. The first-order valence-electron chi connectivity index (χ1n) is 9.73. The zero-order valence-corrected chi connectivity index (χ0v) is 18.0. The van der Waals surface area contributed by atoms with Crippen molar-refractivity contribution in [3.05, 3.63) is 65.0 Å². The van der Waals surface area contributed by atoms with Crippen molar-refractivity contribution in [3.8, 4) is 22.9 Å². The number of methoxy groups -OCH3 is 1. The number of benzene rings is 2. The van der Waals surface area contributed by atoms with Crippen molar-refractivity contribution in [2.75, 3.05) is 13.7 Å². The van der Waals surface area contributed by atoms with Crippen LogP contribution >= 0.6 is 0 Å². The number of nitro benzene ring substituents is 1. The van der Waals surface area contributed by atoms with Gasteiger partial charge in [-0.05, 0) is 24.6 Å². The molecule has 0 fully saturated rings. The molecule has 31 heavy (non-hydrogen) atoms. The Hall–Kier alpha value is -3.40. The molecule has 0 amide bonds. The van der Waals surface area contributed by atoms with Crippen LogP contribution in [0.4, 0.5) is 5.69 Å². The molecule has 164 valence electrons. The predicted molar refractivity (Wildman–Crippen MR) is 115 cm³/mol. The summed E-state index contributed by atoms with van der Waals surface area (Å²) in [6, 6.07) is 10.6. The zero-order valence-electron chi connectivity index (χ0n) is 17.2. The molecular weight excluding hydrogens is 422 g/mol. The van der Waals surface area contributed by atoms with E-state index in [9.17, 15) is 18.5 Å². The SMILES string of the molecule is CCCCCOc1c(OC)cc(-c2nccn2S(=O)(=O)c2ccccc2)cc1[N+](=O)[O-]. The molecule has 0 aliphatic carbocycles. The first-order chi connectivity index (χ1) is 14.9. The fourth-order valence-corrected chi connectivity index (χ4v) is 4.39. The maximum Gasteiger partial charge on any atom is 0.315 e. The maximum absolute atomic E-state index is 13.1. The molecule has 0 saturated carbocycles. The van der Waals surface area contributed by atoms with Gasteiger partial charge in [0.2, 0.25) is 5.75 Å². The average molecular weight is 445 g/mol. The highest BCUT2D eigenvalue weighted by Gasteiger charge is 2.27. The van der Waals surface area contributed by atoms with Crippen molar-refractivity contribution < 1.29 is 22.8 Å². The van der Waals surface area contributed by atoms with E-state index in [4.69, 9.17) is 9.47 Å². The Morgan fingerprint density at radius 2 is 1.90 bits per heavy atom. The highest BCUT2D eigenvalue weighted by Crippen LogP contribution is 2.41. The lowest BCUT2D eigenvalue weighted by Gasteiger charge is -2.14. The number of hydrogen-bond donors (Lipinski definition) is 0. The third-order valence-electron chi connectivity index (χ3n) is 4.61. The van der Waals surface area contributed by atoms with Gasteiger partial charge in [0, 0.05) is 24.0 Å². The number of aromatic nitrogens is 2. The summed E-state index contributed by atoms with van der Waals surface area (Å²) in [5, 5.41) is 11.7. The van der Waals surface area contributed by atoms with Crippen LogP contribution in [0, 0.1) is 10.1 Å².